The predicted molar refractivity (Wildman–Crippen MR) is 96.3 cm³/mol. The molecule has 4 rings (SSSR count). The lowest BCUT2D eigenvalue weighted by Crippen LogP contribution is -2.36. The molecule has 0 bridgehead atoms. The highest BCUT2D eigenvalue weighted by Crippen LogP contribution is 2.32. The van der Waals surface area contributed by atoms with Crippen molar-refractivity contribution < 1.29 is 5.11 Å². The average molecular weight is 322 g/mol. The number of benzene rings is 1. The fourth-order valence-corrected chi connectivity index (χ4v) is 3.37. The molecular weight excluding hydrogens is 300 g/mol. The minimum atomic E-state index is -0.193. The molecule has 5 heteroatoms. The third kappa shape index (κ3) is 2.55. The van der Waals surface area contributed by atoms with Gasteiger partial charge in [-0.15, -0.1) is 0 Å². The van der Waals surface area contributed by atoms with Gasteiger partial charge in [0.05, 0.1) is 11.5 Å². The van der Waals surface area contributed by atoms with E-state index in [-0.39, 0.29) is 6.10 Å². The van der Waals surface area contributed by atoms with E-state index < -0.39 is 0 Å². The Bertz CT molecular complexity index is 864. The fraction of sp³-hybridized carbons (Fsp3) is 0.368. The fourth-order valence-electron chi connectivity index (χ4n) is 3.37. The van der Waals surface area contributed by atoms with E-state index in [0.717, 1.165) is 59.9 Å². The second kappa shape index (κ2) is 5.91. The van der Waals surface area contributed by atoms with Crippen LogP contribution < -0.4 is 4.90 Å². The van der Waals surface area contributed by atoms with Gasteiger partial charge in [-0.1, -0.05) is 30.3 Å². The molecule has 0 atom stereocenters. The van der Waals surface area contributed by atoms with Crippen LogP contribution in [-0.2, 0) is 0 Å². The van der Waals surface area contributed by atoms with Crippen LogP contribution in [0.2, 0.25) is 0 Å². The predicted octanol–water partition coefficient (Wildman–Crippen LogP) is 3.20. The first-order valence-corrected chi connectivity index (χ1v) is 8.49. The van der Waals surface area contributed by atoms with Crippen LogP contribution in [0.3, 0.4) is 0 Å². The van der Waals surface area contributed by atoms with E-state index >= 15 is 0 Å². The molecule has 124 valence electrons. The van der Waals surface area contributed by atoms with Crippen molar-refractivity contribution in [3.8, 4) is 11.4 Å². The van der Waals surface area contributed by atoms with Gasteiger partial charge in [-0.2, -0.15) is 0 Å². The molecule has 0 aliphatic carbocycles. The normalized spacial score (nSPS) is 16.0. The first-order valence-electron chi connectivity index (χ1n) is 8.49. The van der Waals surface area contributed by atoms with Crippen molar-refractivity contribution in [3.63, 3.8) is 0 Å². The number of aliphatic hydroxyl groups is 1. The summed E-state index contributed by atoms with van der Waals surface area (Å²) in [6.07, 6.45) is 1.38. The van der Waals surface area contributed by atoms with Gasteiger partial charge in [0.2, 0.25) is 0 Å². The summed E-state index contributed by atoms with van der Waals surface area (Å²) in [5.74, 6) is 1.72. The van der Waals surface area contributed by atoms with Gasteiger partial charge >= 0.3 is 0 Å². The third-order valence-corrected chi connectivity index (χ3v) is 4.93. The van der Waals surface area contributed by atoms with Crippen LogP contribution in [-0.4, -0.2) is 39.3 Å². The SMILES string of the molecule is Cc1[nH]c2nc(-c3ccccc3)nc(N3CCC(O)CC3)c2c1C. The molecule has 0 radical (unpaired) electrons. The molecule has 1 aliphatic rings. The Morgan fingerprint density at radius 1 is 1.08 bits per heavy atom. The van der Waals surface area contributed by atoms with E-state index in [1.807, 2.05) is 30.3 Å². The highest BCUT2D eigenvalue weighted by molar-refractivity contribution is 5.93. The lowest BCUT2D eigenvalue weighted by atomic mass is 10.1. The number of H-pyrrole nitrogens is 1. The van der Waals surface area contributed by atoms with E-state index in [0.29, 0.717) is 0 Å². The molecule has 2 N–H and O–H groups in total. The Labute approximate surface area is 141 Å². The average Bonchev–Trinajstić information content (AvgIpc) is 2.90. The molecule has 3 heterocycles. The van der Waals surface area contributed by atoms with Crippen LogP contribution in [0, 0.1) is 13.8 Å². The van der Waals surface area contributed by atoms with Gasteiger partial charge in [-0.25, -0.2) is 9.97 Å². The van der Waals surface area contributed by atoms with Crippen LogP contribution in [0.15, 0.2) is 30.3 Å². The van der Waals surface area contributed by atoms with Gasteiger partial charge in [0.1, 0.15) is 11.5 Å². The number of anilines is 1. The Kier molecular flexibility index (Phi) is 3.73. The number of fused-ring (bicyclic) bond motifs is 1. The Morgan fingerprint density at radius 2 is 1.79 bits per heavy atom. The molecule has 24 heavy (non-hydrogen) atoms. The zero-order valence-electron chi connectivity index (χ0n) is 14.1. The molecule has 2 aromatic heterocycles. The maximum absolute atomic E-state index is 9.81. The molecule has 1 fully saturated rings. The Hall–Kier alpha value is -2.40. The number of aliphatic hydroxyl groups excluding tert-OH is 1. The molecule has 0 spiro atoms. The number of hydrogen-bond acceptors (Lipinski definition) is 4. The quantitative estimate of drug-likeness (QED) is 0.760. The topological polar surface area (TPSA) is 65.0 Å². The summed E-state index contributed by atoms with van der Waals surface area (Å²) in [5.41, 5.74) is 4.23. The molecule has 5 nitrogen and oxygen atoms in total. The van der Waals surface area contributed by atoms with E-state index in [1.54, 1.807) is 0 Å². The lowest BCUT2D eigenvalue weighted by Gasteiger charge is -2.31. The van der Waals surface area contributed by atoms with Crippen molar-refractivity contribution in [2.24, 2.45) is 0 Å². The zero-order chi connectivity index (χ0) is 16.7. The summed E-state index contributed by atoms with van der Waals surface area (Å²) in [5, 5.41) is 10.9. The van der Waals surface area contributed by atoms with Crippen LogP contribution in [0.5, 0.6) is 0 Å². The van der Waals surface area contributed by atoms with Crippen LogP contribution in [0.4, 0.5) is 5.82 Å². The van der Waals surface area contributed by atoms with Gasteiger partial charge in [-0.3, -0.25) is 0 Å². The molecule has 3 aromatic rings. The Balaban J connectivity index is 1.89. The number of nitrogens with zero attached hydrogens (tertiary/aromatic N) is 3. The van der Waals surface area contributed by atoms with Crippen molar-refractivity contribution in [3.05, 3.63) is 41.6 Å². The van der Waals surface area contributed by atoms with Gasteiger partial charge < -0.3 is 15.0 Å². The Morgan fingerprint density at radius 3 is 2.50 bits per heavy atom. The smallest absolute Gasteiger partial charge is 0.163 e. The molecule has 1 aliphatic heterocycles. The van der Waals surface area contributed by atoms with Crippen molar-refractivity contribution >= 4 is 16.9 Å². The highest BCUT2D eigenvalue weighted by Gasteiger charge is 2.23. The van der Waals surface area contributed by atoms with Crippen LogP contribution in [0.25, 0.3) is 22.4 Å². The number of piperidine rings is 1. The minimum absolute atomic E-state index is 0.193. The molecular formula is C19H22N4O. The summed E-state index contributed by atoms with van der Waals surface area (Å²) in [7, 11) is 0. The first kappa shape index (κ1) is 15.1. The molecule has 0 unspecified atom stereocenters. The molecule has 0 saturated carbocycles. The maximum atomic E-state index is 9.81. The van der Waals surface area contributed by atoms with Crippen molar-refractivity contribution in [2.45, 2.75) is 32.8 Å². The highest BCUT2D eigenvalue weighted by atomic mass is 16.3. The number of aromatic amines is 1. The van der Waals surface area contributed by atoms with Crippen molar-refractivity contribution in [1.82, 2.24) is 15.0 Å². The molecule has 0 amide bonds. The number of rotatable bonds is 2. The van der Waals surface area contributed by atoms with E-state index in [1.165, 1.54) is 5.56 Å². The van der Waals surface area contributed by atoms with Crippen LogP contribution in [0.1, 0.15) is 24.1 Å². The van der Waals surface area contributed by atoms with E-state index in [9.17, 15) is 5.11 Å². The first-order chi connectivity index (χ1) is 11.6. The third-order valence-electron chi connectivity index (χ3n) is 4.93. The monoisotopic (exact) mass is 322 g/mol. The van der Waals surface area contributed by atoms with Crippen molar-refractivity contribution in [1.29, 1.82) is 0 Å². The van der Waals surface area contributed by atoms with Gasteiger partial charge in [0.25, 0.3) is 0 Å². The van der Waals surface area contributed by atoms with Gasteiger partial charge in [0.15, 0.2) is 5.82 Å². The summed E-state index contributed by atoms with van der Waals surface area (Å²) >= 11 is 0. The van der Waals surface area contributed by atoms with E-state index in [2.05, 4.69) is 23.7 Å². The van der Waals surface area contributed by atoms with Gasteiger partial charge in [0, 0.05) is 24.3 Å². The standard InChI is InChI=1S/C19H22N4O/c1-12-13(2)20-18-16(12)19(23-10-8-15(24)9-11-23)22-17(21-18)14-6-4-3-5-7-14/h3-7,15,24H,8-11H2,1-2H3,(H,20,21,22). The second-order valence-corrected chi connectivity index (χ2v) is 6.55. The lowest BCUT2D eigenvalue weighted by molar-refractivity contribution is 0.145. The number of nitrogens with one attached hydrogen (secondary N) is 1. The summed E-state index contributed by atoms with van der Waals surface area (Å²) in [4.78, 5) is 15.3. The molecule has 1 aromatic carbocycles. The molecule has 1 saturated heterocycles. The van der Waals surface area contributed by atoms with Crippen LogP contribution >= 0.6 is 0 Å². The number of aromatic nitrogens is 3. The largest absolute Gasteiger partial charge is 0.393 e. The summed E-state index contributed by atoms with van der Waals surface area (Å²) in [6.45, 7) is 5.83. The van der Waals surface area contributed by atoms with E-state index in [4.69, 9.17) is 9.97 Å². The van der Waals surface area contributed by atoms with Gasteiger partial charge in [-0.05, 0) is 32.3 Å². The zero-order valence-corrected chi connectivity index (χ0v) is 14.1. The second-order valence-electron chi connectivity index (χ2n) is 6.55. The maximum Gasteiger partial charge on any atom is 0.163 e. The summed E-state index contributed by atoms with van der Waals surface area (Å²) < 4.78 is 0. The number of hydrogen-bond donors (Lipinski definition) is 2. The van der Waals surface area contributed by atoms with Crippen molar-refractivity contribution in [2.75, 3.05) is 18.0 Å². The summed E-state index contributed by atoms with van der Waals surface area (Å²) in [6, 6.07) is 10.1. The minimum Gasteiger partial charge on any atom is -0.393 e. The number of aryl methyl sites for hydroxylation is 2.